The van der Waals surface area contributed by atoms with Crippen molar-refractivity contribution in [2.75, 3.05) is 10.6 Å². The fraction of sp³-hybridized carbons (Fsp3) is 0.769. The minimum atomic E-state index is -4.21. The highest BCUT2D eigenvalue weighted by Gasteiger charge is 2.26. The second-order valence-electron chi connectivity index (χ2n) is 9.44. The van der Waals surface area contributed by atoms with Gasteiger partial charge >= 0.3 is 0 Å². The summed E-state index contributed by atoms with van der Waals surface area (Å²) in [6.45, 7) is 2.28. The molecule has 1 heterocycles. The smallest absolute Gasteiger partial charge is 0.296 e. The van der Waals surface area contributed by atoms with E-state index in [-0.39, 0.29) is 11.1 Å². The van der Waals surface area contributed by atoms with Crippen molar-refractivity contribution in [2.45, 2.75) is 134 Å². The van der Waals surface area contributed by atoms with E-state index >= 15 is 0 Å². The molecule has 1 aliphatic rings. The Morgan fingerprint density at radius 2 is 1.19 bits per heavy atom. The van der Waals surface area contributed by atoms with Crippen LogP contribution in [0.25, 0.3) is 0 Å². The molecule has 3 N–H and O–H groups in total. The maximum absolute atomic E-state index is 11.5. The van der Waals surface area contributed by atoms with Gasteiger partial charge in [0, 0.05) is 0 Å². The van der Waals surface area contributed by atoms with Crippen LogP contribution in [0.4, 0.5) is 11.4 Å². The van der Waals surface area contributed by atoms with E-state index in [9.17, 15) is 13.0 Å². The Hall–Kier alpha value is -1.27. The maximum atomic E-state index is 11.5. The van der Waals surface area contributed by atoms with Gasteiger partial charge in [0.05, 0.1) is 17.5 Å². The SMILES string of the molecule is CCCCCCCCCCCCCCCCCCCC1Nc2cccc(S(=O)(=O)O)c2N1. The van der Waals surface area contributed by atoms with Gasteiger partial charge < -0.3 is 10.6 Å². The summed E-state index contributed by atoms with van der Waals surface area (Å²) in [7, 11) is -4.21. The summed E-state index contributed by atoms with van der Waals surface area (Å²) in [4.78, 5) is -0.0487. The zero-order chi connectivity index (χ0) is 23.1. The van der Waals surface area contributed by atoms with Gasteiger partial charge in [-0.2, -0.15) is 8.42 Å². The average Bonchev–Trinajstić information content (AvgIpc) is 3.18. The van der Waals surface area contributed by atoms with Crippen LogP contribution in [0.2, 0.25) is 0 Å². The van der Waals surface area contributed by atoms with Crippen molar-refractivity contribution in [3.05, 3.63) is 18.2 Å². The predicted octanol–water partition coefficient (Wildman–Crippen LogP) is 8.14. The van der Waals surface area contributed by atoms with Crippen molar-refractivity contribution in [2.24, 2.45) is 0 Å². The van der Waals surface area contributed by atoms with Crippen molar-refractivity contribution in [3.8, 4) is 0 Å². The number of anilines is 2. The van der Waals surface area contributed by atoms with E-state index in [0.717, 1.165) is 18.5 Å². The van der Waals surface area contributed by atoms with E-state index in [0.29, 0.717) is 5.69 Å². The van der Waals surface area contributed by atoms with E-state index in [1.807, 2.05) is 6.07 Å². The fourth-order valence-electron chi connectivity index (χ4n) is 4.63. The zero-order valence-corrected chi connectivity index (χ0v) is 21.0. The molecule has 0 amide bonds. The van der Waals surface area contributed by atoms with Gasteiger partial charge in [0.1, 0.15) is 4.90 Å². The molecule has 184 valence electrons. The molecule has 32 heavy (non-hydrogen) atoms. The van der Waals surface area contributed by atoms with Crippen molar-refractivity contribution in [1.29, 1.82) is 0 Å². The molecule has 2 rings (SSSR count). The van der Waals surface area contributed by atoms with Crippen LogP contribution >= 0.6 is 0 Å². The first-order valence-electron chi connectivity index (χ1n) is 13.2. The van der Waals surface area contributed by atoms with Crippen molar-refractivity contribution < 1.29 is 13.0 Å². The molecular weight excluding hydrogens is 420 g/mol. The minimum Gasteiger partial charge on any atom is -0.364 e. The lowest BCUT2D eigenvalue weighted by atomic mass is 10.0. The monoisotopic (exact) mass is 466 g/mol. The lowest BCUT2D eigenvalue weighted by Crippen LogP contribution is -2.22. The molecule has 0 spiro atoms. The Morgan fingerprint density at radius 3 is 1.66 bits per heavy atom. The van der Waals surface area contributed by atoms with E-state index in [1.54, 1.807) is 6.07 Å². The zero-order valence-electron chi connectivity index (χ0n) is 20.2. The molecule has 1 aliphatic heterocycles. The van der Waals surface area contributed by atoms with Crippen LogP contribution < -0.4 is 10.6 Å². The molecule has 1 aromatic rings. The highest BCUT2D eigenvalue weighted by molar-refractivity contribution is 7.86. The molecule has 0 bridgehead atoms. The number of rotatable bonds is 19. The van der Waals surface area contributed by atoms with Gasteiger partial charge in [-0.25, -0.2) is 0 Å². The molecule has 0 radical (unpaired) electrons. The number of hydrogen-bond acceptors (Lipinski definition) is 4. The van der Waals surface area contributed by atoms with Crippen LogP contribution in [0, 0.1) is 0 Å². The predicted molar refractivity (Wildman–Crippen MR) is 136 cm³/mol. The van der Waals surface area contributed by atoms with Crippen molar-refractivity contribution in [1.82, 2.24) is 0 Å². The van der Waals surface area contributed by atoms with Gasteiger partial charge in [-0.05, 0) is 25.0 Å². The minimum absolute atomic E-state index is 0.0317. The van der Waals surface area contributed by atoms with Gasteiger partial charge in [0.15, 0.2) is 0 Å². The van der Waals surface area contributed by atoms with Crippen molar-refractivity contribution >= 4 is 21.5 Å². The van der Waals surface area contributed by atoms with Crippen LogP contribution in [-0.2, 0) is 10.1 Å². The molecule has 1 atom stereocenters. The normalized spacial score (nSPS) is 15.4. The molecule has 0 aliphatic carbocycles. The largest absolute Gasteiger partial charge is 0.364 e. The molecule has 0 fully saturated rings. The van der Waals surface area contributed by atoms with Crippen molar-refractivity contribution in [3.63, 3.8) is 0 Å². The number of para-hydroxylation sites is 1. The Morgan fingerprint density at radius 1 is 0.719 bits per heavy atom. The Bertz CT molecular complexity index is 737. The molecule has 5 nitrogen and oxygen atoms in total. The third kappa shape index (κ3) is 10.6. The van der Waals surface area contributed by atoms with Crippen LogP contribution in [0.3, 0.4) is 0 Å². The van der Waals surface area contributed by atoms with Crippen LogP contribution in [0.5, 0.6) is 0 Å². The van der Waals surface area contributed by atoms with Gasteiger partial charge in [0.25, 0.3) is 10.1 Å². The molecule has 1 aromatic carbocycles. The Kier molecular flexibility index (Phi) is 13.1. The third-order valence-electron chi connectivity index (χ3n) is 6.55. The molecule has 0 aromatic heterocycles. The molecule has 0 saturated heterocycles. The summed E-state index contributed by atoms with van der Waals surface area (Å²) in [5.41, 5.74) is 1.24. The second kappa shape index (κ2) is 15.5. The van der Waals surface area contributed by atoms with Gasteiger partial charge in [-0.1, -0.05) is 116 Å². The summed E-state index contributed by atoms with van der Waals surface area (Å²) < 4.78 is 32.4. The molecular formula is C26H46N2O3S. The van der Waals surface area contributed by atoms with E-state index in [2.05, 4.69) is 17.6 Å². The lowest BCUT2D eigenvalue weighted by Gasteiger charge is -2.12. The first kappa shape index (κ1) is 27.0. The summed E-state index contributed by atoms with van der Waals surface area (Å²) in [5, 5.41) is 6.53. The molecule has 1 unspecified atom stereocenters. The lowest BCUT2D eigenvalue weighted by molar-refractivity contribution is 0.483. The Balaban J connectivity index is 1.38. The number of nitrogens with one attached hydrogen (secondary N) is 2. The Labute approximate surface area is 196 Å². The standard InChI is InChI=1S/C26H46N2O3S/c1-2-3-4-5-6-7-8-9-10-11-12-13-14-15-16-17-18-22-25-27-23-20-19-21-24(26(23)28-25)32(29,30)31/h19-21,25,27-28H,2-18,22H2,1H3,(H,29,30,31). The molecule has 6 heteroatoms. The van der Waals surface area contributed by atoms with Gasteiger partial charge in [-0.15, -0.1) is 0 Å². The number of fused-ring (bicyclic) bond motifs is 1. The second-order valence-corrected chi connectivity index (χ2v) is 10.8. The first-order valence-corrected chi connectivity index (χ1v) is 14.6. The van der Waals surface area contributed by atoms with Crippen LogP contribution in [0.1, 0.15) is 122 Å². The maximum Gasteiger partial charge on any atom is 0.296 e. The first-order chi connectivity index (χ1) is 15.5. The highest BCUT2D eigenvalue weighted by Crippen LogP contribution is 2.36. The summed E-state index contributed by atoms with van der Waals surface area (Å²) >= 11 is 0. The number of benzene rings is 1. The van der Waals surface area contributed by atoms with Gasteiger partial charge in [0.2, 0.25) is 0 Å². The van der Waals surface area contributed by atoms with Crippen LogP contribution in [-0.4, -0.2) is 19.1 Å². The number of unbranched alkanes of at least 4 members (excludes halogenated alkanes) is 16. The third-order valence-corrected chi connectivity index (χ3v) is 7.44. The summed E-state index contributed by atoms with van der Waals surface area (Å²) in [6.07, 6.45) is 24.1. The molecule has 0 saturated carbocycles. The summed E-state index contributed by atoms with van der Waals surface area (Å²) in [5.74, 6) is 0. The van der Waals surface area contributed by atoms with E-state index in [4.69, 9.17) is 0 Å². The quantitative estimate of drug-likeness (QED) is 0.142. The average molecular weight is 467 g/mol. The van der Waals surface area contributed by atoms with Gasteiger partial charge in [-0.3, -0.25) is 4.55 Å². The highest BCUT2D eigenvalue weighted by atomic mass is 32.2. The number of hydrogen-bond donors (Lipinski definition) is 3. The van der Waals surface area contributed by atoms with Crippen LogP contribution in [0.15, 0.2) is 23.1 Å². The van der Waals surface area contributed by atoms with E-state index < -0.39 is 10.1 Å². The fourth-order valence-corrected chi connectivity index (χ4v) is 5.31. The summed E-state index contributed by atoms with van der Waals surface area (Å²) in [6, 6.07) is 4.92. The topological polar surface area (TPSA) is 78.4 Å². The van der Waals surface area contributed by atoms with E-state index in [1.165, 1.54) is 109 Å².